The van der Waals surface area contributed by atoms with Crippen LogP contribution < -0.4 is 5.73 Å². The van der Waals surface area contributed by atoms with Gasteiger partial charge in [-0.1, -0.05) is 11.8 Å². The molecule has 0 aliphatic heterocycles. The Morgan fingerprint density at radius 3 is 2.71 bits per heavy atom. The first-order valence-electron chi connectivity index (χ1n) is 7.56. The second-order valence-corrected chi connectivity index (χ2v) is 7.09. The highest BCUT2D eigenvalue weighted by Crippen LogP contribution is 2.46. The van der Waals surface area contributed by atoms with Gasteiger partial charge in [0.05, 0.1) is 6.61 Å². The van der Waals surface area contributed by atoms with Crippen molar-refractivity contribution >= 4 is 17.7 Å². The highest BCUT2D eigenvalue weighted by molar-refractivity contribution is 7.99. The maximum absolute atomic E-state index is 11.8. The van der Waals surface area contributed by atoms with E-state index in [1.807, 2.05) is 0 Å². The van der Waals surface area contributed by atoms with Crippen LogP contribution in [0.3, 0.4) is 0 Å². The van der Waals surface area contributed by atoms with E-state index < -0.39 is 5.54 Å². The van der Waals surface area contributed by atoms with Gasteiger partial charge in [0.25, 0.3) is 0 Å². The third-order valence-electron chi connectivity index (χ3n) is 3.79. The van der Waals surface area contributed by atoms with Crippen LogP contribution in [0.25, 0.3) is 0 Å². The van der Waals surface area contributed by atoms with E-state index in [0.717, 1.165) is 11.0 Å². The zero-order chi connectivity index (χ0) is 15.0. The number of aromatic nitrogens is 3. The first-order chi connectivity index (χ1) is 10.0. The van der Waals surface area contributed by atoms with Crippen LogP contribution in [0.5, 0.6) is 0 Å². The summed E-state index contributed by atoms with van der Waals surface area (Å²) in [5.74, 6) is 1.79. The Morgan fingerprint density at radius 1 is 1.43 bits per heavy atom. The molecule has 2 saturated carbocycles. The van der Waals surface area contributed by atoms with Crippen LogP contribution in [-0.4, -0.2) is 38.6 Å². The minimum atomic E-state index is -0.999. The van der Waals surface area contributed by atoms with E-state index in [-0.39, 0.29) is 5.97 Å². The van der Waals surface area contributed by atoms with Crippen LogP contribution in [0, 0.1) is 0 Å². The molecule has 0 bridgehead atoms. The summed E-state index contributed by atoms with van der Waals surface area (Å²) < 4.78 is 7.29. The fourth-order valence-electron chi connectivity index (χ4n) is 2.25. The molecule has 2 aliphatic rings. The zero-order valence-electron chi connectivity index (χ0n) is 12.5. The Labute approximate surface area is 128 Å². The van der Waals surface area contributed by atoms with Crippen molar-refractivity contribution in [3.05, 3.63) is 5.82 Å². The molecule has 2 fully saturated rings. The number of rotatable bonds is 7. The Balaban J connectivity index is 1.69. The van der Waals surface area contributed by atoms with E-state index in [1.54, 1.807) is 13.8 Å². The van der Waals surface area contributed by atoms with Gasteiger partial charge in [0.2, 0.25) is 0 Å². The maximum atomic E-state index is 11.8. The Morgan fingerprint density at radius 2 is 2.14 bits per heavy atom. The summed E-state index contributed by atoms with van der Waals surface area (Å²) >= 11 is 1.51. The van der Waals surface area contributed by atoms with Crippen LogP contribution >= 0.6 is 11.8 Å². The predicted molar refractivity (Wildman–Crippen MR) is 80.2 cm³/mol. The van der Waals surface area contributed by atoms with Crippen molar-refractivity contribution in [3.63, 3.8) is 0 Å². The minimum Gasteiger partial charge on any atom is -0.465 e. The molecule has 3 rings (SSSR count). The van der Waals surface area contributed by atoms with E-state index in [4.69, 9.17) is 10.5 Å². The number of nitrogens with two attached hydrogens (primary N) is 1. The molecular weight excluding hydrogens is 288 g/mol. The van der Waals surface area contributed by atoms with Gasteiger partial charge in [-0.05, 0) is 39.5 Å². The molecule has 1 atom stereocenters. The Hall–Kier alpha value is -1.08. The summed E-state index contributed by atoms with van der Waals surface area (Å²) in [6.45, 7) is 3.84. The average Bonchev–Trinajstić information content (AvgIpc) is 3.35. The lowest BCUT2D eigenvalue weighted by atomic mass is 10.1. The molecule has 1 aromatic rings. The van der Waals surface area contributed by atoms with E-state index in [2.05, 4.69) is 14.8 Å². The molecule has 1 heterocycles. The maximum Gasteiger partial charge on any atom is 0.326 e. The van der Waals surface area contributed by atoms with Gasteiger partial charge in [0.15, 0.2) is 5.16 Å². The molecule has 1 unspecified atom stereocenters. The van der Waals surface area contributed by atoms with Crippen molar-refractivity contribution in [3.8, 4) is 0 Å². The summed E-state index contributed by atoms with van der Waals surface area (Å²) in [7, 11) is 0. The van der Waals surface area contributed by atoms with Gasteiger partial charge in [0, 0.05) is 17.7 Å². The largest absolute Gasteiger partial charge is 0.465 e. The first kappa shape index (κ1) is 14.8. The van der Waals surface area contributed by atoms with Crippen LogP contribution in [-0.2, 0) is 9.53 Å². The highest BCUT2D eigenvalue weighted by Gasteiger charge is 2.37. The van der Waals surface area contributed by atoms with Gasteiger partial charge in [-0.25, -0.2) is 0 Å². The second kappa shape index (κ2) is 5.61. The third kappa shape index (κ3) is 3.23. The molecule has 0 aromatic carbocycles. The molecule has 0 saturated heterocycles. The standard InChI is InChI=1S/C14H22N4O2S/c1-3-20-12(19)14(2,15)8-21-13-17-16-11(9-4-5-9)18(13)10-6-7-10/h9-10H,3-8,15H2,1-2H3. The van der Waals surface area contributed by atoms with Crippen molar-refractivity contribution in [2.45, 2.75) is 62.2 Å². The molecule has 2 N–H and O–H groups in total. The molecule has 1 aromatic heterocycles. The normalized spacial score (nSPS) is 21.1. The average molecular weight is 310 g/mol. The molecule has 0 spiro atoms. The quantitative estimate of drug-likeness (QED) is 0.611. The van der Waals surface area contributed by atoms with Gasteiger partial charge in [0.1, 0.15) is 11.4 Å². The van der Waals surface area contributed by atoms with E-state index in [0.29, 0.717) is 24.3 Å². The van der Waals surface area contributed by atoms with Crippen LogP contribution in [0.15, 0.2) is 5.16 Å². The molecule has 2 aliphatic carbocycles. The fraction of sp³-hybridized carbons (Fsp3) is 0.786. The van der Waals surface area contributed by atoms with Gasteiger partial charge in [-0.15, -0.1) is 10.2 Å². The number of ether oxygens (including phenoxy) is 1. The van der Waals surface area contributed by atoms with Gasteiger partial charge in [-0.2, -0.15) is 0 Å². The second-order valence-electron chi connectivity index (χ2n) is 6.14. The smallest absolute Gasteiger partial charge is 0.326 e. The molecule has 21 heavy (non-hydrogen) atoms. The fourth-order valence-corrected chi connectivity index (χ4v) is 3.28. The zero-order valence-corrected chi connectivity index (χ0v) is 13.4. The monoisotopic (exact) mass is 310 g/mol. The lowest BCUT2D eigenvalue weighted by Gasteiger charge is -2.21. The number of esters is 1. The summed E-state index contributed by atoms with van der Waals surface area (Å²) in [6, 6.07) is 0.546. The van der Waals surface area contributed by atoms with Crippen LogP contribution in [0.4, 0.5) is 0 Å². The van der Waals surface area contributed by atoms with E-state index >= 15 is 0 Å². The number of nitrogens with zero attached hydrogens (tertiary/aromatic N) is 3. The van der Waals surface area contributed by atoms with Gasteiger partial charge in [-0.3, -0.25) is 4.79 Å². The number of carbonyl (C=O) groups excluding carboxylic acids is 1. The third-order valence-corrected chi connectivity index (χ3v) is 5.07. The van der Waals surface area contributed by atoms with Crippen molar-refractivity contribution in [2.75, 3.05) is 12.4 Å². The van der Waals surface area contributed by atoms with Crippen molar-refractivity contribution < 1.29 is 9.53 Å². The molecule has 0 radical (unpaired) electrons. The molecule has 116 valence electrons. The number of thioether (sulfide) groups is 1. The molecule has 7 heteroatoms. The number of carbonyl (C=O) groups is 1. The van der Waals surface area contributed by atoms with Crippen molar-refractivity contribution in [1.29, 1.82) is 0 Å². The minimum absolute atomic E-state index is 0.348. The van der Waals surface area contributed by atoms with E-state index in [9.17, 15) is 4.79 Å². The summed E-state index contributed by atoms with van der Waals surface area (Å²) in [4.78, 5) is 11.8. The van der Waals surface area contributed by atoms with Crippen molar-refractivity contribution in [2.24, 2.45) is 5.73 Å². The van der Waals surface area contributed by atoms with Crippen LogP contribution in [0.2, 0.25) is 0 Å². The number of hydrogen-bond donors (Lipinski definition) is 1. The van der Waals surface area contributed by atoms with E-state index in [1.165, 1.54) is 37.4 Å². The topological polar surface area (TPSA) is 83.0 Å². The lowest BCUT2D eigenvalue weighted by Crippen LogP contribution is -2.48. The predicted octanol–water partition coefficient (Wildman–Crippen LogP) is 1.86. The number of hydrogen-bond acceptors (Lipinski definition) is 6. The van der Waals surface area contributed by atoms with Crippen LogP contribution in [0.1, 0.15) is 57.3 Å². The molecule has 0 amide bonds. The summed E-state index contributed by atoms with van der Waals surface area (Å²) in [5.41, 5.74) is 5.06. The SMILES string of the molecule is CCOC(=O)C(C)(N)CSc1nnc(C2CC2)n1C1CC1. The van der Waals surface area contributed by atoms with Crippen molar-refractivity contribution in [1.82, 2.24) is 14.8 Å². The summed E-state index contributed by atoms with van der Waals surface area (Å²) in [5, 5.41) is 9.56. The van der Waals surface area contributed by atoms with Gasteiger partial charge < -0.3 is 15.0 Å². The van der Waals surface area contributed by atoms with Gasteiger partial charge >= 0.3 is 5.97 Å². The summed E-state index contributed by atoms with van der Waals surface area (Å²) in [6.07, 6.45) is 4.83. The lowest BCUT2D eigenvalue weighted by molar-refractivity contribution is -0.148. The highest BCUT2D eigenvalue weighted by atomic mass is 32.2. The molecule has 6 nitrogen and oxygen atoms in total. The molecular formula is C14H22N4O2S. The first-order valence-corrected chi connectivity index (χ1v) is 8.55. The Kier molecular flexibility index (Phi) is 3.96. The Bertz CT molecular complexity index is 535.